The molecule has 1 aromatic heterocycles. The van der Waals surface area contributed by atoms with E-state index in [0.29, 0.717) is 5.41 Å². The number of aromatic nitrogens is 2. The molecular weight excluding hydrogens is 210 g/mol. The van der Waals surface area contributed by atoms with Crippen LogP contribution in [0.5, 0.6) is 0 Å². The van der Waals surface area contributed by atoms with E-state index in [1.807, 2.05) is 16.9 Å². The van der Waals surface area contributed by atoms with E-state index in [2.05, 4.69) is 29.4 Å². The lowest BCUT2D eigenvalue weighted by Crippen LogP contribution is -2.17. The van der Waals surface area contributed by atoms with Crippen molar-refractivity contribution in [2.45, 2.75) is 19.3 Å². The maximum Gasteiger partial charge on any atom is 0.0645 e. The molecule has 0 radical (unpaired) electrons. The van der Waals surface area contributed by atoms with E-state index in [0.717, 1.165) is 18.7 Å². The van der Waals surface area contributed by atoms with Gasteiger partial charge in [0, 0.05) is 12.4 Å². The maximum atomic E-state index is 5.81. The predicted molar refractivity (Wildman–Crippen MR) is 68.0 cm³/mol. The molecule has 1 fully saturated rings. The largest absolute Gasteiger partial charge is 0.330 e. The minimum Gasteiger partial charge on any atom is -0.330 e. The van der Waals surface area contributed by atoms with Crippen LogP contribution >= 0.6 is 0 Å². The summed E-state index contributed by atoms with van der Waals surface area (Å²) in [4.78, 5) is 0. The monoisotopic (exact) mass is 227 g/mol. The van der Waals surface area contributed by atoms with E-state index in [1.165, 1.54) is 18.4 Å². The standard InChI is InChI=1S/C14H17N3/c15-11-14(6-7-14)10-12-2-4-13(5-3-12)17-9-1-8-16-17/h1-5,8-9H,6-7,10-11,15H2. The lowest BCUT2D eigenvalue weighted by molar-refractivity contribution is 0.521. The second kappa shape index (κ2) is 4.00. The van der Waals surface area contributed by atoms with Crippen molar-refractivity contribution in [1.82, 2.24) is 9.78 Å². The third-order valence-corrected chi connectivity index (χ3v) is 3.67. The zero-order valence-corrected chi connectivity index (χ0v) is 9.84. The second-order valence-electron chi connectivity index (χ2n) is 5.00. The molecule has 3 nitrogen and oxygen atoms in total. The molecule has 0 unspecified atom stereocenters. The zero-order valence-electron chi connectivity index (χ0n) is 9.84. The van der Waals surface area contributed by atoms with E-state index in [4.69, 9.17) is 5.73 Å². The molecule has 2 aromatic rings. The van der Waals surface area contributed by atoms with Gasteiger partial charge in [0.1, 0.15) is 0 Å². The van der Waals surface area contributed by atoms with Gasteiger partial charge in [-0.15, -0.1) is 0 Å². The summed E-state index contributed by atoms with van der Waals surface area (Å²) < 4.78 is 1.87. The third kappa shape index (κ3) is 2.11. The maximum absolute atomic E-state index is 5.81. The van der Waals surface area contributed by atoms with Crippen molar-refractivity contribution in [3.8, 4) is 5.69 Å². The lowest BCUT2D eigenvalue weighted by atomic mass is 9.97. The summed E-state index contributed by atoms with van der Waals surface area (Å²) in [6.45, 7) is 0.813. The first-order valence-corrected chi connectivity index (χ1v) is 6.10. The Hall–Kier alpha value is -1.61. The molecule has 17 heavy (non-hydrogen) atoms. The molecule has 1 saturated carbocycles. The Balaban J connectivity index is 1.76. The first-order chi connectivity index (χ1) is 8.31. The molecular formula is C14H17N3. The van der Waals surface area contributed by atoms with Gasteiger partial charge >= 0.3 is 0 Å². The van der Waals surface area contributed by atoms with Crippen LogP contribution in [0.2, 0.25) is 0 Å². The topological polar surface area (TPSA) is 43.8 Å². The van der Waals surface area contributed by atoms with E-state index >= 15 is 0 Å². The molecule has 0 atom stereocenters. The molecule has 3 heteroatoms. The normalized spacial score (nSPS) is 17.0. The Bertz CT molecular complexity index is 481. The minimum absolute atomic E-state index is 0.410. The molecule has 0 saturated heterocycles. The highest BCUT2D eigenvalue weighted by molar-refractivity contribution is 5.34. The first kappa shape index (κ1) is 10.5. The van der Waals surface area contributed by atoms with Gasteiger partial charge in [0.15, 0.2) is 0 Å². The zero-order chi connectivity index (χ0) is 11.7. The third-order valence-electron chi connectivity index (χ3n) is 3.67. The number of hydrogen-bond acceptors (Lipinski definition) is 2. The summed E-state index contributed by atoms with van der Waals surface area (Å²) in [6.07, 6.45) is 7.43. The highest BCUT2D eigenvalue weighted by Gasteiger charge is 2.40. The molecule has 0 bridgehead atoms. The van der Waals surface area contributed by atoms with Crippen molar-refractivity contribution < 1.29 is 0 Å². The molecule has 1 aliphatic carbocycles. The number of hydrogen-bond donors (Lipinski definition) is 1. The first-order valence-electron chi connectivity index (χ1n) is 6.10. The van der Waals surface area contributed by atoms with Crippen molar-refractivity contribution in [1.29, 1.82) is 0 Å². The predicted octanol–water partition coefficient (Wildman–Crippen LogP) is 2.15. The summed E-state index contributed by atoms with van der Waals surface area (Å²) in [6, 6.07) is 10.5. The lowest BCUT2D eigenvalue weighted by Gasteiger charge is -2.12. The summed E-state index contributed by atoms with van der Waals surface area (Å²) >= 11 is 0. The van der Waals surface area contributed by atoms with Gasteiger partial charge in [0.05, 0.1) is 5.69 Å². The van der Waals surface area contributed by atoms with Gasteiger partial charge in [0.2, 0.25) is 0 Å². The SMILES string of the molecule is NCC1(Cc2ccc(-n3cccn3)cc2)CC1. The molecule has 3 rings (SSSR count). The molecule has 1 heterocycles. The Labute approximate surface area is 101 Å². The quantitative estimate of drug-likeness (QED) is 0.869. The van der Waals surface area contributed by atoms with Gasteiger partial charge in [-0.1, -0.05) is 12.1 Å². The van der Waals surface area contributed by atoms with E-state index in [9.17, 15) is 0 Å². The highest BCUT2D eigenvalue weighted by atomic mass is 15.3. The van der Waals surface area contributed by atoms with E-state index in [-0.39, 0.29) is 0 Å². The van der Waals surface area contributed by atoms with Crippen molar-refractivity contribution in [3.63, 3.8) is 0 Å². The number of benzene rings is 1. The van der Waals surface area contributed by atoms with Crippen LogP contribution in [0.25, 0.3) is 5.69 Å². The van der Waals surface area contributed by atoms with Gasteiger partial charge in [-0.2, -0.15) is 5.10 Å². The van der Waals surface area contributed by atoms with Crippen molar-refractivity contribution in [2.75, 3.05) is 6.54 Å². The van der Waals surface area contributed by atoms with Crippen LogP contribution in [-0.4, -0.2) is 16.3 Å². The molecule has 0 aliphatic heterocycles. The second-order valence-corrected chi connectivity index (χ2v) is 5.00. The Morgan fingerprint density at radius 2 is 2.00 bits per heavy atom. The van der Waals surface area contributed by atoms with Crippen LogP contribution in [0.15, 0.2) is 42.7 Å². The van der Waals surface area contributed by atoms with Crippen molar-refractivity contribution in [2.24, 2.45) is 11.1 Å². The average Bonchev–Trinajstić information content (AvgIpc) is 2.92. The van der Waals surface area contributed by atoms with Crippen LogP contribution in [0, 0.1) is 5.41 Å². The van der Waals surface area contributed by atoms with Crippen LogP contribution in [0.3, 0.4) is 0 Å². The van der Waals surface area contributed by atoms with Crippen LogP contribution in [-0.2, 0) is 6.42 Å². The van der Waals surface area contributed by atoms with Gasteiger partial charge in [0.25, 0.3) is 0 Å². The molecule has 0 spiro atoms. The van der Waals surface area contributed by atoms with Gasteiger partial charge < -0.3 is 5.73 Å². The van der Waals surface area contributed by atoms with Crippen LogP contribution in [0.1, 0.15) is 18.4 Å². The highest BCUT2D eigenvalue weighted by Crippen LogP contribution is 2.47. The van der Waals surface area contributed by atoms with Crippen LogP contribution in [0.4, 0.5) is 0 Å². The number of rotatable bonds is 4. The Morgan fingerprint density at radius 3 is 2.53 bits per heavy atom. The molecule has 88 valence electrons. The molecule has 0 amide bonds. The fraction of sp³-hybridized carbons (Fsp3) is 0.357. The molecule has 1 aromatic carbocycles. The number of nitrogens with zero attached hydrogens (tertiary/aromatic N) is 2. The summed E-state index contributed by atoms with van der Waals surface area (Å²) in [5.41, 5.74) is 8.71. The summed E-state index contributed by atoms with van der Waals surface area (Å²) in [7, 11) is 0. The van der Waals surface area contributed by atoms with Crippen molar-refractivity contribution in [3.05, 3.63) is 48.3 Å². The summed E-state index contributed by atoms with van der Waals surface area (Å²) in [5, 5.41) is 4.22. The fourth-order valence-corrected chi connectivity index (χ4v) is 2.25. The van der Waals surface area contributed by atoms with Crippen LogP contribution < -0.4 is 5.73 Å². The van der Waals surface area contributed by atoms with Crippen molar-refractivity contribution >= 4 is 0 Å². The smallest absolute Gasteiger partial charge is 0.0645 e. The summed E-state index contributed by atoms with van der Waals surface area (Å²) in [5.74, 6) is 0. The van der Waals surface area contributed by atoms with Gasteiger partial charge in [-0.05, 0) is 55.0 Å². The Morgan fingerprint density at radius 1 is 1.24 bits per heavy atom. The number of nitrogens with two attached hydrogens (primary N) is 1. The molecule has 2 N–H and O–H groups in total. The van der Waals surface area contributed by atoms with E-state index in [1.54, 1.807) is 6.20 Å². The van der Waals surface area contributed by atoms with Gasteiger partial charge in [-0.25, -0.2) is 4.68 Å². The van der Waals surface area contributed by atoms with Gasteiger partial charge in [-0.3, -0.25) is 0 Å². The Kier molecular flexibility index (Phi) is 2.48. The average molecular weight is 227 g/mol. The minimum atomic E-state index is 0.410. The fourth-order valence-electron chi connectivity index (χ4n) is 2.25. The van der Waals surface area contributed by atoms with E-state index < -0.39 is 0 Å². The molecule has 1 aliphatic rings.